The summed E-state index contributed by atoms with van der Waals surface area (Å²) in [5.74, 6) is -6.44. The van der Waals surface area contributed by atoms with Gasteiger partial charge in [0.1, 0.15) is 19.1 Å². The van der Waals surface area contributed by atoms with Crippen molar-refractivity contribution in [3.8, 4) is 0 Å². The molecule has 1 aromatic rings. The SMILES string of the molecule is CC.CO.Cc1cccc(C(=O)NCCCCN(CC(=O)O)C(=O)CN(CCN(CC=O)CCN(CC(=O)O)CC(=O)NCCCCNC(=O)CCCCC(=O)ON(C)C(=O)CCC=O)CC(=O)O)c1. The van der Waals surface area contributed by atoms with Gasteiger partial charge in [-0.2, -0.15) is 5.06 Å². The summed E-state index contributed by atoms with van der Waals surface area (Å²) in [7, 11) is 2.28. The van der Waals surface area contributed by atoms with Crippen LogP contribution in [0.25, 0.3) is 0 Å². The van der Waals surface area contributed by atoms with Crippen LogP contribution in [-0.4, -0.2) is 217 Å². The maximum atomic E-state index is 13.3. The molecule has 0 heterocycles. The fourth-order valence-corrected chi connectivity index (χ4v) is 6.24. The highest BCUT2D eigenvalue weighted by Crippen LogP contribution is 2.06. The number of benzene rings is 1. The number of aldehydes is 2. The number of nitrogens with zero attached hydrogens (tertiary/aromatic N) is 5. The number of carbonyl (C=O) groups excluding carboxylic acids is 8. The lowest BCUT2D eigenvalue weighted by Crippen LogP contribution is -2.48. The summed E-state index contributed by atoms with van der Waals surface area (Å²) in [5, 5.41) is 44.5. The summed E-state index contributed by atoms with van der Waals surface area (Å²) in [6.45, 7) is 4.42. The molecular weight excluding hydrogens is 921 g/mol. The summed E-state index contributed by atoms with van der Waals surface area (Å²) >= 11 is 0. The smallest absolute Gasteiger partial charge is 0.332 e. The first-order valence-electron chi connectivity index (χ1n) is 23.2. The van der Waals surface area contributed by atoms with Crippen molar-refractivity contribution in [2.24, 2.45) is 0 Å². The standard InChI is InChI=1S/C43H66N8O15.C2H6.CH4O/c1-33-11-9-12-34(27-33)43(65)46-18-7-8-19-51(32-41(62)63)38(57)29-50(31-40(60)61)23-21-48(24-26-53)20-22-49(30-39(58)59)28-36(55)45-17-6-5-16-44-35(54)13-3-4-15-42(64)66-47(2)37(56)14-10-25-52;2*1-2/h9,11-12,25-27H,3-8,10,13-24,28-32H2,1-2H3,(H,44,54)(H,45,55)(H,46,65)(H,58,59)(H,60,61)(H,62,63);1-2H3;2H,1H3. The van der Waals surface area contributed by atoms with Crippen molar-refractivity contribution in [3.05, 3.63) is 35.4 Å². The highest BCUT2D eigenvalue weighted by atomic mass is 16.7. The Morgan fingerprint density at radius 3 is 1.67 bits per heavy atom. The first-order chi connectivity index (χ1) is 33.4. The molecule has 0 atom stereocenters. The number of aryl methyl sites for hydroxylation is 1. The van der Waals surface area contributed by atoms with Crippen molar-refractivity contribution in [2.75, 3.05) is 106 Å². The van der Waals surface area contributed by atoms with Gasteiger partial charge in [-0.1, -0.05) is 31.5 Å². The van der Waals surface area contributed by atoms with E-state index in [1.807, 2.05) is 26.8 Å². The normalized spacial score (nSPS) is 10.4. The fraction of sp³-hybridized carbons (Fsp3) is 0.630. The largest absolute Gasteiger partial charge is 0.480 e. The molecule has 0 radical (unpaired) electrons. The third kappa shape index (κ3) is 34.8. The van der Waals surface area contributed by atoms with Crippen LogP contribution in [0.2, 0.25) is 0 Å². The van der Waals surface area contributed by atoms with E-state index in [1.165, 1.54) is 16.8 Å². The molecule has 1 rings (SSSR count). The highest BCUT2D eigenvalue weighted by molar-refractivity contribution is 5.94. The van der Waals surface area contributed by atoms with E-state index in [1.54, 1.807) is 23.1 Å². The second-order valence-corrected chi connectivity index (χ2v) is 15.4. The number of hydrogen-bond donors (Lipinski definition) is 7. The number of carboxylic acid groups (broad SMARTS) is 3. The number of hydroxylamine groups is 2. The predicted molar refractivity (Wildman–Crippen MR) is 255 cm³/mol. The van der Waals surface area contributed by atoms with Crippen LogP contribution < -0.4 is 16.0 Å². The van der Waals surface area contributed by atoms with Gasteiger partial charge in [-0.3, -0.25) is 53.1 Å². The van der Waals surface area contributed by atoms with Crippen molar-refractivity contribution >= 4 is 66.0 Å². The van der Waals surface area contributed by atoms with E-state index in [9.17, 15) is 68.1 Å². The number of nitrogens with one attached hydrogen (secondary N) is 3. The van der Waals surface area contributed by atoms with Gasteiger partial charge in [-0.15, -0.1) is 0 Å². The molecule has 0 aliphatic carbocycles. The Bertz CT molecular complexity index is 1770. The molecular formula is C46H76N8O16. The lowest BCUT2D eigenvalue weighted by molar-refractivity contribution is -0.192. The zero-order chi connectivity index (χ0) is 53.3. The number of carbonyl (C=O) groups is 11. The maximum absolute atomic E-state index is 13.3. The molecule has 0 aliphatic heterocycles. The monoisotopic (exact) mass is 997 g/mol. The molecule has 24 heteroatoms. The van der Waals surface area contributed by atoms with Crippen LogP contribution in [0, 0.1) is 6.92 Å². The molecule has 70 heavy (non-hydrogen) atoms. The average molecular weight is 997 g/mol. The first kappa shape index (κ1) is 65.7. The Morgan fingerprint density at radius 1 is 0.586 bits per heavy atom. The number of aliphatic hydroxyl groups excluding tert-OH is 1. The topological polar surface area (TPSA) is 330 Å². The molecule has 0 fully saturated rings. The third-order valence-electron chi connectivity index (χ3n) is 9.69. The predicted octanol–water partition coefficient (Wildman–Crippen LogP) is -0.204. The van der Waals surface area contributed by atoms with Crippen molar-refractivity contribution in [2.45, 2.75) is 85.0 Å². The molecule has 0 aliphatic rings. The Labute approximate surface area is 410 Å². The van der Waals surface area contributed by atoms with Crippen LogP contribution >= 0.6 is 0 Å². The average Bonchev–Trinajstić information content (AvgIpc) is 3.31. The second kappa shape index (κ2) is 41.6. The minimum Gasteiger partial charge on any atom is -0.480 e. The van der Waals surface area contributed by atoms with Gasteiger partial charge in [0.15, 0.2) is 0 Å². The third-order valence-corrected chi connectivity index (χ3v) is 9.69. The number of rotatable bonds is 37. The van der Waals surface area contributed by atoms with E-state index in [2.05, 4.69) is 16.0 Å². The Balaban J connectivity index is 0. The van der Waals surface area contributed by atoms with Gasteiger partial charge in [-0.25, -0.2) is 4.79 Å². The molecule has 5 amide bonds. The lowest BCUT2D eigenvalue weighted by Gasteiger charge is -2.29. The van der Waals surface area contributed by atoms with E-state index >= 15 is 0 Å². The van der Waals surface area contributed by atoms with Gasteiger partial charge in [0, 0.05) is 97.8 Å². The molecule has 1 aromatic carbocycles. The van der Waals surface area contributed by atoms with Crippen molar-refractivity contribution in [1.29, 1.82) is 0 Å². The molecule has 24 nitrogen and oxygen atoms in total. The fourth-order valence-electron chi connectivity index (χ4n) is 6.24. The van der Waals surface area contributed by atoms with Crippen LogP contribution in [0.1, 0.15) is 94.0 Å². The minimum atomic E-state index is -1.27. The summed E-state index contributed by atoms with van der Waals surface area (Å²) in [5.41, 5.74) is 1.42. The molecule has 0 saturated heterocycles. The van der Waals surface area contributed by atoms with Crippen molar-refractivity contribution in [3.63, 3.8) is 0 Å². The van der Waals surface area contributed by atoms with Crippen LogP contribution in [0.5, 0.6) is 0 Å². The van der Waals surface area contributed by atoms with Gasteiger partial charge in [-0.05, 0) is 57.6 Å². The second-order valence-electron chi connectivity index (χ2n) is 15.4. The van der Waals surface area contributed by atoms with E-state index in [4.69, 9.17) is 9.94 Å². The van der Waals surface area contributed by atoms with Gasteiger partial charge in [0.2, 0.25) is 17.7 Å². The highest BCUT2D eigenvalue weighted by Gasteiger charge is 2.23. The molecule has 0 spiro atoms. The molecule has 7 N–H and O–H groups in total. The Hall–Kier alpha value is -6.37. The number of aliphatic carboxylic acids is 3. The van der Waals surface area contributed by atoms with Crippen LogP contribution in [-0.2, 0) is 52.8 Å². The van der Waals surface area contributed by atoms with Crippen molar-refractivity contribution in [1.82, 2.24) is 40.6 Å². The zero-order valence-corrected chi connectivity index (χ0v) is 41.4. The lowest BCUT2D eigenvalue weighted by atomic mass is 10.1. The first-order valence-corrected chi connectivity index (χ1v) is 23.2. The van der Waals surface area contributed by atoms with Crippen LogP contribution in [0.3, 0.4) is 0 Å². The molecule has 0 aromatic heterocycles. The molecule has 0 bridgehead atoms. The number of unbranched alkanes of at least 4 members (excludes halogenated alkanes) is 3. The van der Waals surface area contributed by atoms with Gasteiger partial charge in [0.05, 0.1) is 32.7 Å². The Morgan fingerprint density at radius 2 is 1.11 bits per heavy atom. The number of hydrogen-bond acceptors (Lipinski definition) is 16. The Kier molecular flexibility index (Phi) is 39.0. The van der Waals surface area contributed by atoms with E-state index in [0.717, 1.165) is 22.6 Å². The van der Waals surface area contributed by atoms with E-state index in [-0.39, 0.29) is 96.4 Å². The van der Waals surface area contributed by atoms with Crippen molar-refractivity contribution < 1.29 is 78.0 Å². The quantitative estimate of drug-likeness (QED) is 0.0258. The molecule has 0 saturated carbocycles. The summed E-state index contributed by atoms with van der Waals surface area (Å²) in [4.78, 5) is 141. The molecule has 396 valence electrons. The number of amides is 5. The van der Waals surface area contributed by atoms with E-state index < -0.39 is 67.8 Å². The van der Waals surface area contributed by atoms with Gasteiger partial charge >= 0.3 is 23.9 Å². The van der Waals surface area contributed by atoms with Crippen LogP contribution in [0.15, 0.2) is 24.3 Å². The maximum Gasteiger partial charge on any atom is 0.332 e. The summed E-state index contributed by atoms with van der Waals surface area (Å²) in [6, 6.07) is 7.05. The minimum absolute atomic E-state index is 0.00289. The number of aliphatic hydroxyl groups is 1. The number of carboxylic acids is 3. The van der Waals surface area contributed by atoms with Crippen LogP contribution in [0.4, 0.5) is 0 Å². The summed E-state index contributed by atoms with van der Waals surface area (Å²) in [6.07, 6.45) is 3.88. The van der Waals surface area contributed by atoms with Gasteiger partial charge in [0.25, 0.3) is 11.8 Å². The zero-order valence-electron chi connectivity index (χ0n) is 41.4. The van der Waals surface area contributed by atoms with E-state index in [0.29, 0.717) is 63.2 Å². The van der Waals surface area contributed by atoms with Gasteiger partial charge < -0.3 is 55.7 Å². The molecule has 0 unspecified atom stereocenters. The summed E-state index contributed by atoms with van der Waals surface area (Å²) < 4.78 is 0.